The van der Waals surface area contributed by atoms with Crippen LogP contribution in [0.15, 0.2) is 0 Å². The highest BCUT2D eigenvalue weighted by Crippen LogP contribution is 2.37. The summed E-state index contributed by atoms with van der Waals surface area (Å²) >= 11 is 0. The Morgan fingerprint density at radius 2 is 1.60 bits per heavy atom. The van der Waals surface area contributed by atoms with Gasteiger partial charge in [-0.05, 0) is 58.9 Å². The Morgan fingerprint density at radius 3 is 2.05 bits per heavy atom. The fourth-order valence-corrected chi connectivity index (χ4v) is 3.81. The summed E-state index contributed by atoms with van der Waals surface area (Å²) in [6.45, 7) is 9.40. The Labute approximate surface area is 126 Å². The molecule has 0 atom stereocenters. The molecule has 0 saturated heterocycles. The lowest BCUT2D eigenvalue weighted by molar-refractivity contribution is 0.0765. The molecule has 1 N–H and O–H groups in total. The molecule has 0 bridgehead atoms. The minimum Gasteiger partial charge on any atom is -0.311 e. The number of hydrogen-bond donors (Lipinski definition) is 1. The van der Waals surface area contributed by atoms with Crippen molar-refractivity contribution in [2.24, 2.45) is 5.41 Å². The standard InChI is InChI=1S/C18H36N2/c1-17(2,3)19-14-18(12-7-5-6-8-13-18)15-20(4)16-10-9-11-16/h16,19H,5-15H2,1-4H3. The molecule has 20 heavy (non-hydrogen) atoms. The lowest BCUT2D eigenvalue weighted by Crippen LogP contribution is -2.50. The predicted molar refractivity (Wildman–Crippen MR) is 88.2 cm³/mol. The van der Waals surface area contributed by atoms with Crippen molar-refractivity contribution in [2.75, 3.05) is 20.1 Å². The van der Waals surface area contributed by atoms with Gasteiger partial charge in [0.1, 0.15) is 0 Å². The summed E-state index contributed by atoms with van der Waals surface area (Å²) in [5, 5.41) is 3.81. The van der Waals surface area contributed by atoms with Crippen molar-refractivity contribution in [3.05, 3.63) is 0 Å². The van der Waals surface area contributed by atoms with Gasteiger partial charge in [0.25, 0.3) is 0 Å². The van der Waals surface area contributed by atoms with Crippen molar-refractivity contribution >= 4 is 0 Å². The van der Waals surface area contributed by atoms with E-state index < -0.39 is 0 Å². The smallest absolute Gasteiger partial charge is 0.00967 e. The first-order valence-electron chi connectivity index (χ1n) is 8.86. The molecule has 0 radical (unpaired) electrons. The summed E-state index contributed by atoms with van der Waals surface area (Å²) in [4.78, 5) is 2.68. The Hall–Kier alpha value is -0.0800. The van der Waals surface area contributed by atoms with Gasteiger partial charge in [0.15, 0.2) is 0 Å². The Bertz CT molecular complexity index is 280. The number of nitrogens with zero attached hydrogens (tertiary/aromatic N) is 1. The normalized spacial score (nSPS) is 24.4. The molecule has 0 aromatic heterocycles. The van der Waals surface area contributed by atoms with E-state index in [1.807, 2.05) is 0 Å². The highest BCUT2D eigenvalue weighted by molar-refractivity contribution is 4.91. The van der Waals surface area contributed by atoms with Gasteiger partial charge in [0.2, 0.25) is 0 Å². The second kappa shape index (κ2) is 6.79. The van der Waals surface area contributed by atoms with Gasteiger partial charge in [0, 0.05) is 24.7 Å². The second-order valence-corrected chi connectivity index (χ2v) is 8.52. The molecule has 118 valence electrons. The van der Waals surface area contributed by atoms with Gasteiger partial charge >= 0.3 is 0 Å². The third-order valence-electron chi connectivity index (χ3n) is 5.44. The van der Waals surface area contributed by atoms with Gasteiger partial charge in [0.05, 0.1) is 0 Å². The van der Waals surface area contributed by atoms with Crippen molar-refractivity contribution in [3.63, 3.8) is 0 Å². The first-order chi connectivity index (χ1) is 9.40. The number of rotatable bonds is 5. The summed E-state index contributed by atoms with van der Waals surface area (Å²) in [7, 11) is 2.37. The van der Waals surface area contributed by atoms with Crippen LogP contribution in [0.3, 0.4) is 0 Å². The molecular weight excluding hydrogens is 244 g/mol. The molecule has 2 fully saturated rings. The molecule has 0 aliphatic heterocycles. The maximum atomic E-state index is 3.81. The Morgan fingerprint density at radius 1 is 1.00 bits per heavy atom. The zero-order chi connectivity index (χ0) is 14.6. The SMILES string of the molecule is CN(CC1(CNC(C)(C)C)CCCCCC1)C1CCC1. The first-order valence-corrected chi connectivity index (χ1v) is 8.86. The predicted octanol–water partition coefficient (Wildman–Crippen LogP) is 4.20. The van der Waals surface area contributed by atoms with Crippen LogP contribution in [0, 0.1) is 5.41 Å². The van der Waals surface area contributed by atoms with E-state index in [-0.39, 0.29) is 5.54 Å². The molecule has 0 spiro atoms. The van der Waals surface area contributed by atoms with E-state index in [0.717, 1.165) is 6.04 Å². The molecule has 2 aliphatic rings. The van der Waals surface area contributed by atoms with Crippen molar-refractivity contribution < 1.29 is 0 Å². The number of nitrogens with one attached hydrogen (secondary N) is 1. The van der Waals surface area contributed by atoms with Crippen LogP contribution in [0.2, 0.25) is 0 Å². The Balaban J connectivity index is 1.97. The Kier molecular flexibility index (Phi) is 5.53. The molecule has 0 aromatic carbocycles. The zero-order valence-corrected chi connectivity index (χ0v) is 14.3. The van der Waals surface area contributed by atoms with Gasteiger partial charge in [-0.25, -0.2) is 0 Å². The molecule has 0 amide bonds. The summed E-state index contributed by atoms with van der Waals surface area (Å²) in [6.07, 6.45) is 12.9. The summed E-state index contributed by atoms with van der Waals surface area (Å²) in [5.41, 5.74) is 0.766. The van der Waals surface area contributed by atoms with Gasteiger partial charge in [-0.2, -0.15) is 0 Å². The van der Waals surface area contributed by atoms with Crippen LogP contribution in [0.4, 0.5) is 0 Å². The minimum absolute atomic E-state index is 0.244. The van der Waals surface area contributed by atoms with Crippen LogP contribution in [0.25, 0.3) is 0 Å². The van der Waals surface area contributed by atoms with Gasteiger partial charge < -0.3 is 10.2 Å². The lowest BCUT2D eigenvalue weighted by atomic mass is 9.78. The molecule has 2 nitrogen and oxygen atoms in total. The maximum absolute atomic E-state index is 3.81. The topological polar surface area (TPSA) is 15.3 Å². The molecule has 2 heteroatoms. The van der Waals surface area contributed by atoms with Crippen molar-refractivity contribution in [1.29, 1.82) is 0 Å². The maximum Gasteiger partial charge on any atom is 0.00967 e. The molecule has 0 aromatic rings. The average Bonchev–Trinajstić information content (AvgIpc) is 2.49. The van der Waals surface area contributed by atoms with E-state index >= 15 is 0 Å². The quantitative estimate of drug-likeness (QED) is 0.759. The van der Waals surface area contributed by atoms with Gasteiger partial charge in [-0.15, -0.1) is 0 Å². The van der Waals surface area contributed by atoms with Crippen molar-refractivity contribution in [1.82, 2.24) is 10.2 Å². The molecule has 2 aliphatic carbocycles. The van der Waals surface area contributed by atoms with E-state index in [1.54, 1.807) is 0 Å². The highest BCUT2D eigenvalue weighted by Gasteiger charge is 2.35. The lowest BCUT2D eigenvalue weighted by Gasteiger charge is -2.43. The van der Waals surface area contributed by atoms with E-state index in [0.29, 0.717) is 5.41 Å². The summed E-state index contributed by atoms with van der Waals surface area (Å²) in [6, 6.07) is 0.879. The molecule has 2 rings (SSSR count). The van der Waals surface area contributed by atoms with Crippen LogP contribution in [-0.4, -0.2) is 36.6 Å². The van der Waals surface area contributed by atoms with E-state index in [2.05, 4.69) is 38.0 Å². The third kappa shape index (κ3) is 4.73. The van der Waals surface area contributed by atoms with Crippen LogP contribution >= 0.6 is 0 Å². The van der Waals surface area contributed by atoms with Crippen LogP contribution < -0.4 is 5.32 Å². The first kappa shape index (κ1) is 16.3. The summed E-state index contributed by atoms with van der Waals surface area (Å²) < 4.78 is 0. The molecular formula is C18H36N2. The molecule has 0 heterocycles. The highest BCUT2D eigenvalue weighted by atomic mass is 15.1. The van der Waals surface area contributed by atoms with Crippen molar-refractivity contribution in [3.8, 4) is 0 Å². The molecule has 0 unspecified atom stereocenters. The average molecular weight is 280 g/mol. The fraction of sp³-hybridized carbons (Fsp3) is 1.00. The summed E-state index contributed by atoms with van der Waals surface area (Å²) in [5.74, 6) is 0. The van der Waals surface area contributed by atoms with E-state index in [9.17, 15) is 0 Å². The largest absolute Gasteiger partial charge is 0.311 e. The fourth-order valence-electron chi connectivity index (χ4n) is 3.81. The van der Waals surface area contributed by atoms with E-state index in [4.69, 9.17) is 0 Å². The zero-order valence-electron chi connectivity index (χ0n) is 14.3. The van der Waals surface area contributed by atoms with Crippen LogP contribution in [0.5, 0.6) is 0 Å². The second-order valence-electron chi connectivity index (χ2n) is 8.52. The van der Waals surface area contributed by atoms with Gasteiger partial charge in [-0.3, -0.25) is 0 Å². The van der Waals surface area contributed by atoms with Crippen LogP contribution in [0.1, 0.15) is 78.6 Å². The minimum atomic E-state index is 0.244. The van der Waals surface area contributed by atoms with Gasteiger partial charge in [-0.1, -0.05) is 32.1 Å². The number of hydrogen-bond acceptors (Lipinski definition) is 2. The van der Waals surface area contributed by atoms with E-state index in [1.165, 1.54) is 70.9 Å². The monoisotopic (exact) mass is 280 g/mol. The third-order valence-corrected chi connectivity index (χ3v) is 5.44. The van der Waals surface area contributed by atoms with Crippen LogP contribution in [-0.2, 0) is 0 Å². The van der Waals surface area contributed by atoms with Crippen molar-refractivity contribution in [2.45, 2.75) is 90.1 Å². The molecule has 2 saturated carbocycles.